The molecule has 4 nitrogen and oxygen atoms in total. The predicted molar refractivity (Wildman–Crippen MR) is 78.1 cm³/mol. The standard InChI is InChI=1S/C16H23N3O/c1-11-4-5-17-9-13(11)10-18-16(20)8-12-6-14-2-3-15(7-12)19-14/h4-5,9,12,14-15,19H,2-3,6-8,10H2,1H3,(H,18,20). The number of hydrogen-bond donors (Lipinski definition) is 2. The molecule has 2 unspecified atom stereocenters. The number of pyridine rings is 1. The summed E-state index contributed by atoms with van der Waals surface area (Å²) < 4.78 is 0. The summed E-state index contributed by atoms with van der Waals surface area (Å²) in [7, 11) is 0. The zero-order chi connectivity index (χ0) is 13.9. The summed E-state index contributed by atoms with van der Waals surface area (Å²) in [6, 6.07) is 3.30. The number of aryl methyl sites for hydroxylation is 1. The Morgan fingerprint density at radius 3 is 2.85 bits per heavy atom. The molecule has 20 heavy (non-hydrogen) atoms. The van der Waals surface area contributed by atoms with Gasteiger partial charge in [0.05, 0.1) is 0 Å². The van der Waals surface area contributed by atoms with E-state index in [-0.39, 0.29) is 5.91 Å². The van der Waals surface area contributed by atoms with Gasteiger partial charge in [0.1, 0.15) is 0 Å². The summed E-state index contributed by atoms with van der Waals surface area (Å²) in [5, 5.41) is 6.66. The van der Waals surface area contributed by atoms with Gasteiger partial charge in [0, 0.05) is 37.4 Å². The number of fused-ring (bicyclic) bond motifs is 2. The molecule has 2 saturated heterocycles. The number of carbonyl (C=O) groups is 1. The van der Waals surface area contributed by atoms with Gasteiger partial charge >= 0.3 is 0 Å². The van der Waals surface area contributed by atoms with Crippen molar-refractivity contribution in [3.8, 4) is 0 Å². The normalized spacial score (nSPS) is 28.4. The van der Waals surface area contributed by atoms with E-state index in [2.05, 4.69) is 15.6 Å². The number of hydrogen-bond acceptors (Lipinski definition) is 3. The second kappa shape index (κ2) is 5.92. The molecular weight excluding hydrogens is 250 g/mol. The number of piperidine rings is 1. The van der Waals surface area contributed by atoms with Gasteiger partial charge in [-0.1, -0.05) is 0 Å². The quantitative estimate of drug-likeness (QED) is 0.881. The van der Waals surface area contributed by atoms with Crippen LogP contribution in [0.5, 0.6) is 0 Å². The molecule has 2 atom stereocenters. The van der Waals surface area contributed by atoms with Crippen molar-refractivity contribution in [3.63, 3.8) is 0 Å². The van der Waals surface area contributed by atoms with Crippen LogP contribution < -0.4 is 10.6 Å². The molecular formula is C16H23N3O. The Kier molecular flexibility index (Phi) is 4.01. The maximum atomic E-state index is 12.1. The molecule has 2 bridgehead atoms. The number of aromatic nitrogens is 1. The van der Waals surface area contributed by atoms with Gasteiger partial charge in [-0.25, -0.2) is 0 Å². The number of amides is 1. The third kappa shape index (κ3) is 3.18. The van der Waals surface area contributed by atoms with Gasteiger partial charge in [0.15, 0.2) is 0 Å². The highest BCUT2D eigenvalue weighted by Crippen LogP contribution is 2.32. The molecule has 1 aromatic rings. The van der Waals surface area contributed by atoms with Gasteiger partial charge in [-0.2, -0.15) is 0 Å². The van der Waals surface area contributed by atoms with Crippen molar-refractivity contribution < 1.29 is 4.79 Å². The summed E-state index contributed by atoms with van der Waals surface area (Å²) in [5.74, 6) is 0.739. The largest absolute Gasteiger partial charge is 0.352 e. The molecule has 0 radical (unpaired) electrons. The Labute approximate surface area is 120 Å². The predicted octanol–water partition coefficient (Wildman–Crippen LogP) is 1.93. The van der Waals surface area contributed by atoms with Crippen molar-refractivity contribution in [2.24, 2.45) is 5.92 Å². The van der Waals surface area contributed by atoms with E-state index in [1.807, 2.05) is 19.2 Å². The minimum Gasteiger partial charge on any atom is -0.352 e. The average Bonchev–Trinajstić information content (AvgIpc) is 2.77. The van der Waals surface area contributed by atoms with Crippen LogP contribution in [0.15, 0.2) is 18.5 Å². The van der Waals surface area contributed by atoms with E-state index in [9.17, 15) is 4.79 Å². The van der Waals surface area contributed by atoms with Crippen molar-refractivity contribution >= 4 is 5.91 Å². The number of nitrogens with zero attached hydrogens (tertiary/aromatic N) is 1. The van der Waals surface area contributed by atoms with E-state index in [0.717, 1.165) is 18.4 Å². The first-order valence-electron chi connectivity index (χ1n) is 7.63. The fourth-order valence-electron chi connectivity index (χ4n) is 3.55. The lowest BCUT2D eigenvalue weighted by Crippen LogP contribution is -2.39. The van der Waals surface area contributed by atoms with Crippen LogP contribution in [0.25, 0.3) is 0 Å². The van der Waals surface area contributed by atoms with Crippen molar-refractivity contribution in [3.05, 3.63) is 29.6 Å². The van der Waals surface area contributed by atoms with E-state index < -0.39 is 0 Å². The van der Waals surface area contributed by atoms with E-state index in [0.29, 0.717) is 31.0 Å². The number of nitrogens with one attached hydrogen (secondary N) is 2. The Balaban J connectivity index is 1.47. The first-order valence-corrected chi connectivity index (χ1v) is 7.63. The monoisotopic (exact) mass is 273 g/mol. The molecule has 2 aliphatic rings. The highest BCUT2D eigenvalue weighted by Gasteiger charge is 2.34. The van der Waals surface area contributed by atoms with Crippen LogP contribution in [0.3, 0.4) is 0 Å². The molecule has 1 amide bonds. The fourth-order valence-corrected chi connectivity index (χ4v) is 3.55. The summed E-state index contributed by atoms with van der Waals surface area (Å²) >= 11 is 0. The van der Waals surface area contributed by atoms with Crippen LogP contribution in [0.1, 0.15) is 43.2 Å². The highest BCUT2D eigenvalue weighted by molar-refractivity contribution is 5.76. The molecule has 4 heteroatoms. The lowest BCUT2D eigenvalue weighted by molar-refractivity contribution is -0.122. The van der Waals surface area contributed by atoms with Crippen molar-refractivity contribution in [2.45, 2.75) is 57.7 Å². The van der Waals surface area contributed by atoms with E-state index in [1.165, 1.54) is 18.4 Å². The molecule has 2 N–H and O–H groups in total. The topological polar surface area (TPSA) is 54.0 Å². The van der Waals surface area contributed by atoms with Gasteiger partial charge in [0.25, 0.3) is 0 Å². The van der Waals surface area contributed by atoms with Crippen LogP contribution in [0.2, 0.25) is 0 Å². The summed E-state index contributed by atoms with van der Waals surface area (Å²) in [6.07, 6.45) is 9.20. The Morgan fingerprint density at radius 2 is 2.15 bits per heavy atom. The zero-order valence-electron chi connectivity index (χ0n) is 12.1. The number of carbonyl (C=O) groups excluding carboxylic acids is 1. The molecule has 0 aliphatic carbocycles. The lowest BCUT2D eigenvalue weighted by atomic mass is 9.89. The first kappa shape index (κ1) is 13.6. The average molecular weight is 273 g/mol. The van der Waals surface area contributed by atoms with Gasteiger partial charge in [-0.3, -0.25) is 9.78 Å². The van der Waals surface area contributed by atoms with Crippen LogP contribution in [0.4, 0.5) is 0 Å². The second-order valence-electron chi connectivity index (χ2n) is 6.26. The smallest absolute Gasteiger partial charge is 0.220 e. The number of rotatable bonds is 4. The molecule has 2 fully saturated rings. The molecule has 0 spiro atoms. The van der Waals surface area contributed by atoms with E-state index >= 15 is 0 Å². The lowest BCUT2D eigenvalue weighted by Gasteiger charge is -2.28. The third-order valence-corrected chi connectivity index (χ3v) is 4.67. The van der Waals surface area contributed by atoms with E-state index in [1.54, 1.807) is 6.20 Å². The van der Waals surface area contributed by atoms with Gasteiger partial charge in [0.2, 0.25) is 5.91 Å². The minimum atomic E-state index is 0.180. The molecule has 0 aromatic carbocycles. The third-order valence-electron chi connectivity index (χ3n) is 4.67. The van der Waals surface area contributed by atoms with Crippen LogP contribution >= 0.6 is 0 Å². The molecule has 2 aliphatic heterocycles. The molecule has 108 valence electrons. The SMILES string of the molecule is Cc1ccncc1CNC(=O)CC1CC2CCC(C1)N2. The van der Waals surface area contributed by atoms with Gasteiger partial charge < -0.3 is 10.6 Å². The van der Waals surface area contributed by atoms with Crippen LogP contribution in [0, 0.1) is 12.8 Å². The van der Waals surface area contributed by atoms with Crippen molar-refractivity contribution in [2.75, 3.05) is 0 Å². The Hall–Kier alpha value is -1.42. The molecule has 3 heterocycles. The Morgan fingerprint density at radius 1 is 1.40 bits per heavy atom. The molecule has 1 aromatic heterocycles. The maximum absolute atomic E-state index is 12.1. The highest BCUT2D eigenvalue weighted by atomic mass is 16.1. The first-order chi connectivity index (χ1) is 9.70. The molecule has 3 rings (SSSR count). The van der Waals surface area contributed by atoms with Crippen LogP contribution in [-0.4, -0.2) is 23.0 Å². The minimum absolute atomic E-state index is 0.180. The van der Waals surface area contributed by atoms with Crippen LogP contribution in [-0.2, 0) is 11.3 Å². The Bertz CT molecular complexity index is 476. The van der Waals surface area contributed by atoms with Gasteiger partial charge in [-0.05, 0) is 55.7 Å². The van der Waals surface area contributed by atoms with Crippen molar-refractivity contribution in [1.29, 1.82) is 0 Å². The summed E-state index contributed by atoms with van der Waals surface area (Å²) in [6.45, 7) is 2.64. The zero-order valence-corrected chi connectivity index (χ0v) is 12.1. The molecule has 0 saturated carbocycles. The second-order valence-corrected chi connectivity index (χ2v) is 6.26. The summed E-state index contributed by atoms with van der Waals surface area (Å²) in [5.41, 5.74) is 2.28. The summed E-state index contributed by atoms with van der Waals surface area (Å²) in [4.78, 5) is 16.2. The van der Waals surface area contributed by atoms with Gasteiger partial charge in [-0.15, -0.1) is 0 Å². The maximum Gasteiger partial charge on any atom is 0.220 e. The van der Waals surface area contributed by atoms with Crippen molar-refractivity contribution in [1.82, 2.24) is 15.6 Å². The van der Waals surface area contributed by atoms with E-state index in [4.69, 9.17) is 0 Å². The fraction of sp³-hybridized carbons (Fsp3) is 0.625.